The van der Waals surface area contributed by atoms with Crippen LogP contribution in [-0.2, 0) is 6.54 Å². The molecule has 0 heterocycles. The van der Waals surface area contributed by atoms with Gasteiger partial charge in [0.05, 0.1) is 13.2 Å². The predicted octanol–water partition coefficient (Wildman–Crippen LogP) is 5.39. The molecular weight excluding hydrogens is 419 g/mol. The van der Waals surface area contributed by atoms with Gasteiger partial charge < -0.3 is 20.5 Å². The van der Waals surface area contributed by atoms with Crippen molar-refractivity contribution < 1.29 is 18.7 Å². The maximum absolute atomic E-state index is 13.8. The van der Waals surface area contributed by atoms with Crippen LogP contribution < -0.4 is 20.5 Å². The van der Waals surface area contributed by atoms with Crippen molar-refractivity contribution in [3.8, 4) is 17.2 Å². The van der Waals surface area contributed by atoms with Crippen molar-refractivity contribution in [2.75, 3.05) is 7.11 Å². The number of hydrogen-bond acceptors (Lipinski definition) is 4. The van der Waals surface area contributed by atoms with Crippen LogP contribution in [0.25, 0.3) is 0 Å². The minimum Gasteiger partial charge on any atom is -0.493 e. The van der Waals surface area contributed by atoms with Gasteiger partial charge in [-0.3, -0.25) is 4.79 Å². The Balaban J connectivity index is 0.00000341. The van der Waals surface area contributed by atoms with Crippen LogP contribution in [0.2, 0.25) is 0 Å². The van der Waals surface area contributed by atoms with E-state index in [0.717, 1.165) is 12.0 Å². The van der Waals surface area contributed by atoms with Gasteiger partial charge in [0.2, 0.25) is 0 Å². The molecule has 0 aliphatic heterocycles. The Bertz CT molecular complexity index is 1010. The molecule has 0 saturated heterocycles. The van der Waals surface area contributed by atoms with Crippen LogP contribution in [-0.4, -0.2) is 13.0 Å². The molecule has 0 fully saturated rings. The Kier molecular flexibility index (Phi) is 8.85. The van der Waals surface area contributed by atoms with Gasteiger partial charge in [-0.15, -0.1) is 12.4 Å². The summed E-state index contributed by atoms with van der Waals surface area (Å²) < 4.78 is 25.0. The number of benzene rings is 3. The van der Waals surface area contributed by atoms with Crippen LogP contribution in [0.4, 0.5) is 4.39 Å². The smallest absolute Gasteiger partial charge is 0.251 e. The van der Waals surface area contributed by atoms with Crippen LogP contribution >= 0.6 is 12.4 Å². The number of nitrogens with one attached hydrogen (secondary N) is 1. The van der Waals surface area contributed by atoms with Crippen molar-refractivity contribution in [1.82, 2.24) is 5.32 Å². The first-order valence-corrected chi connectivity index (χ1v) is 9.75. The Labute approximate surface area is 187 Å². The van der Waals surface area contributed by atoms with E-state index in [1.807, 2.05) is 37.3 Å². The molecule has 1 amide bonds. The molecule has 31 heavy (non-hydrogen) atoms. The Morgan fingerprint density at radius 3 is 2.45 bits per heavy atom. The third-order valence-electron chi connectivity index (χ3n) is 4.74. The summed E-state index contributed by atoms with van der Waals surface area (Å²) in [5.41, 5.74) is 7.66. The number of carbonyl (C=O) groups excluding carboxylic acids is 1. The lowest BCUT2D eigenvalue weighted by molar-refractivity contribution is 0.0935. The number of ether oxygens (including phenoxy) is 2. The standard InChI is InChI=1S/C24H25FN2O3.ClH/c1-3-21(17-7-5-4-6-8-17)27-24(28)18-9-10-22(29-2)23(13-18)30-20-12-16(15-26)11-19(25)14-20;/h4-14,21H,3,15,26H2,1-2H3,(H,27,28);1H/t21-;/m0./s1. The van der Waals surface area contributed by atoms with E-state index >= 15 is 0 Å². The zero-order chi connectivity index (χ0) is 21.5. The first kappa shape index (κ1) is 24.2. The van der Waals surface area contributed by atoms with Gasteiger partial charge in [0, 0.05) is 18.2 Å². The van der Waals surface area contributed by atoms with Crippen LogP contribution in [0.3, 0.4) is 0 Å². The summed E-state index contributed by atoms with van der Waals surface area (Å²) in [6.07, 6.45) is 0.750. The summed E-state index contributed by atoms with van der Waals surface area (Å²) in [6.45, 7) is 2.20. The number of amides is 1. The summed E-state index contributed by atoms with van der Waals surface area (Å²) in [5, 5.41) is 3.04. The monoisotopic (exact) mass is 444 g/mol. The van der Waals surface area contributed by atoms with Crippen molar-refractivity contribution in [3.05, 3.63) is 89.2 Å². The minimum absolute atomic E-state index is 0. The third-order valence-corrected chi connectivity index (χ3v) is 4.74. The van der Waals surface area contributed by atoms with Crippen LogP contribution in [0.5, 0.6) is 17.2 Å². The van der Waals surface area contributed by atoms with E-state index in [0.29, 0.717) is 22.6 Å². The molecule has 0 saturated carbocycles. The largest absolute Gasteiger partial charge is 0.493 e. The molecule has 0 bridgehead atoms. The first-order chi connectivity index (χ1) is 14.5. The zero-order valence-corrected chi connectivity index (χ0v) is 18.2. The number of methoxy groups -OCH3 is 1. The fourth-order valence-corrected chi connectivity index (χ4v) is 3.17. The van der Waals surface area contributed by atoms with E-state index < -0.39 is 5.82 Å². The molecule has 0 unspecified atom stereocenters. The van der Waals surface area contributed by atoms with Crippen molar-refractivity contribution >= 4 is 18.3 Å². The number of carbonyl (C=O) groups is 1. The Hall–Kier alpha value is -3.09. The SMILES string of the molecule is CC[C@H](NC(=O)c1ccc(OC)c(Oc2cc(F)cc(CN)c2)c1)c1ccccc1.Cl. The minimum atomic E-state index is -0.450. The summed E-state index contributed by atoms with van der Waals surface area (Å²) >= 11 is 0. The second kappa shape index (κ2) is 11.3. The number of rotatable bonds is 8. The first-order valence-electron chi connectivity index (χ1n) is 9.75. The van der Waals surface area contributed by atoms with Crippen molar-refractivity contribution in [2.45, 2.75) is 25.9 Å². The van der Waals surface area contributed by atoms with E-state index in [4.69, 9.17) is 15.2 Å². The highest BCUT2D eigenvalue weighted by atomic mass is 35.5. The van der Waals surface area contributed by atoms with E-state index in [-0.39, 0.29) is 36.7 Å². The third kappa shape index (κ3) is 6.20. The molecule has 3 N–H and O–H groups in total. The highest BCUT2D eigenvalue weighted by molar-refractivity contribution is 5.95. The molecule has 0 aliphatic carbocycles. The number of halogens is 2. The van der Waals surface area contributed by atoms with Gasteiger partial charge in [-0.2, -0.15) is 0 Å². The fourth-order valence-electron chi connectivity index (χ4n) is 3.17. The second-order valence-electron chi connectivity index (χ2n) is 6.81. The van der Waals surface area contributed by atoms with Gasteiger partial charge in [-0.25, -0.2) is 4.39 Å². The normalized spacial score (nSPS) is 11.2. The van der Waals surface area contributed by atoms with Crippen molar-refractivity contribution in [2.24, 2.45) is 5.73 Å². The fraction of sp³-hybridized carbons (Fsp3) is 0.208. The maximum Gasteiger partial charge on any atom is 0.251 e. The van der Waals surface area contributed by atoms with E-state index in [1.54, 1.807) is 24.3 Å². The highest BCUT2D eigenvalue weighted by Gasteiger charge is 2.17. The lowest BCUT2D eigenvalue weighted by atomic mass is 10.0. The molecule has 1 atom stereocenters. The van der Waals surface area contributed by atoms with Gasteiger partial charge in [0.25, 0.3) is 5.91 Å². The number of hydrogen-bond donors (Lipinski definition) is 2. The second-order valence-corrected chi connectivity index (χ2v) is 6.81. The quantitative estimate of drug-likeness (QED) is 0.488. The summed E-state index contributed by atoms with van der Waals surface area (Å²) in [7, 11) is 1.50. The molecule has 0 aromatic heterocycles. The molecular formula is C24H26ClFN2O3. The molecule has 3 aromatic rings. The molecule has 5 nitrogen and oxygen atoms in total. The van der Waals surface area contributed by atoms with Crippen molar-refractivity contribution in [1.29, 1.82) is 0 Å². The Morgan fingerprint density at radius 1 is 1.06 bits per heavy atom. The molecule has 164 valence electrons. The van der Waals surface area contributed by atoms with Crippen LogP contribution in [0, 0.1) is 5.82 Å². The number of nitrogens with two attached hydrogens (primary N) is 1. The highest BCUT2D eigenvalue weighted by Crippen LogP contribution is 2.33. The predicted molar refractivity (Wildman–Crippen MR) is 122 cm³/mol. The molecule has 0 radical (unpaired) electrons. The lowest BCUT2D eigenvalue weighted by Crippen LogP contribution is -2.28. The molecule has 0 spiro atoms. The molecule has 3 rings (SSSR count). The molecule has 7 heteroatoms. The maximum atomic E-state index is 13.8. The topological polar surface area (TPSA) is 73.6 Å². The average molecular weight is 445 g/mol. The van der Waals surface area contributed by atoms with Crippen molar-refractivity contribution in [3.63, 3.8) is 0 Å². The lowest BCUT2D eigenvalue weighted by Gasteiger charge is -2.18. The van der Waals surface area contributed by atoms with E-state index in [9.17, 15) is 9.18 Å². The van der Waals surface area contributed by atoms with Gasteiger partial charge in [-0.05, 0) is 47.9 Å². The van der Waals surface area contributed by atoms with Gasteiger partial charge in [-0.1, -0.05) is 37.3 Å². The summed E-state index contributed by atoms with van der Waals surface area (Å²) in [4.78, 5) is 12.9. The average Bonchev–Trinajstić information content (AvgIpc) is 2.77. The zero-order valence-electron chi connectivity index (χ0n) is 17.4. The van der Waals surface area contributed by atoms with E-state index in [1.165, 1.54) is 19.2 Å². The molecule has 0 aliphatic rings. The van der Waals surface area contributed by atoms with E-state index in [2.05, 4.69) is 5.32 Å². The van der Waals surface area contributed by atoms with Crippen LogP contribution in [0.15, 0.2) is 66.7 Å². The summed E-state index contributed by atoms with van der Waals surface area (Å²) in [6, 6.07) is 18.8. The van der Waals surface area contributed by atoms with Gasteiger partial charge in [0.1, 0.15) is 11.6 Å². The van der Waals surface area contributed by atoms with Gasteiger partial charge in [0.15, 0.2) is 11.5 Å². The molecule has 3 aromatic carbocycles. The Morgan fingerprint density at radius 2 is 1.81 bits per heavy atom. The van der Waals surface area contributed by atoms with Gasteiger partial charge >= 0.3 is 0 Å². The van der Waals surface area contributed by atoms with Crippen LogP contribution in [0.1, 0.15) is 40.9 Å². The summed E-state index contributed by atoms with van der Waals surface area (Å²) in [5.74, 6) is 0.336.